The minimum absolute atomic E-state index is 0.00435. The number of hydrogen-bond donors (Lipinski definition) is 4. The molecule has 4 N–H and O–H groups in total. The van der Waals surface area contributed by atoms with Crippen LogP contribution in [0.2, 0.25) is 0 Å². The SMILES string of the molecule is COC(=O)NC(C(=O)N1CCCC1c1ncc(-c2ccc(C3(CCCc4cnc(C5CCCN5C(=O)C(NC5CCOCC5)C(C)C)[nH]4)CCCCC3)cc2)[nH]1)C(C)C. The number of imidazole rings is 2. The molecular formula is C46H68N8O5. The maximum absolute atomic E-state index is 14.0. The molecule has 0 bridgehead atoms. The van der Waals surface area contributed by atoms with Gasteiger partial charge in [0.25, 0.3) is 0 Å². The molecule has 59 heavy (non-hydrogen) atoms. The van der Waals surface area contributed by atoms with Gasteiger partial charge in [-0.2, -0.15) is 0 Å². The topological polar surface area (TPSA) is 158 Å². The second-order valence-corrected chi connectivity index (χ2v) is 18.3. The van der Waals surface area contributed by atoms with Crippen LogP contribution in [0, 0.1) is 11.8 Å². The Morgan fingerprint density at radius 3 is 2.05 bits per heavy atom. The largest absolute Gasteiger partial charge is 0.453 e. The third-order valence-electron chi connectivity index (χ3n) is 13.6. The normalized spacial score (nSPS) is 22.2. The van der Waals surface area contributed by atoms with Crippen molar-refractivity contribution in [1.29, 1.82) is 0 Å². The Balaban J connectivity index is 0.973. The number of amides is 3. The fourth-order valence-electron chi connectivity index (χ4n) is 10.2. The van der Waals surface area contributed by atoms with Crippen LogP contribution in [0.15, 0.2) is 36.7 Å². The first kappa shape index (κ1) is 42.9. The summed E-state index contributed by atoms with van der Waals surface area (Å²) in [5, 5.41) is 6.42. The molecule has 4 aliphatic rings. The van der Waals surface area contributed by atoms with Gasteiger partial charge in [0.1, 0.15) is 17.7 Å². The van der Waals surface area contributed by atoms with Gasteiger partial charge >= 0.3 is 6.09 Å². The summed E-state index contributed by atoms with van der Waals surface area (Å²) in [4.78, 5) is 60.4. The molecule has 4 fully saturated rings. The Kier molecular flexibility index (Phi) is 14.1. The summed E-state index contributed by atoms with van der Waals surface area (Å²) < 4.78 is 10.4. The van der Waals surface area contributed by atoms with Gasteiger partial charge in [-0.05, 0) is 99.0 Å². The van der Waals surface area contributed by atoms with Crippen LogP contribution in [0.4, 0.5) is 4.79 Å². The lowest BCUT2D eigenvalue weighted by molar-refractivity contribution is -0.136. The lowest BCUT2D eigenvalue weighted by atomic mass is 9.66. The molecule has 1 aliphatic carbocycles. The minimum atomic E-state index is -0.665. The molecule has 5 heterocycles. The highest BCUT2D eigenvalue weighted by atomic mass is 16.5. The van der Waals surface area contributed by atoms with Crippen LogP contribution in [0.5, 0.6) is 0 Å². The van der Waals surface area contributed by atoms with Crippen molar-refractivity contribution < 1.29 is 23.9 Å². The van der Waals surface area contributed by atoms with E-state index < -0.39 is 12.1 Å². The quantitative estimate of drug-likeness (QED) is 0.123. The zero-order valence-corrected chi connectivity index (χ0v) is 36.1. The van der Waals surface area contributed by atoms with Crippen LogP contribution in [0.25, 0.3) is 11.3 Å². The van der Waals surface area contributed by atoms with Gasteiger partial charge in [-0.15, -0.1) is 0 Å². The number of benzene rings is 1. The van der Waals surface area contributed by atoms with Gasteiger partial charge in [-0.25, -0.2) is 14.8 Å². The number of hydrogen-bond acceptors (Lipinski definition) is 8. The van der Waals surface area contributed by atoms with Crippen LogP contribution in [0.3, 0.4) is 0 Å². The molecular weight excluding hydrogens is 745 g/mol. The number of nitrogens with one attached hydrogen (secondary N) is 4. The van der Waals surface area contributed by atoms with E-state index in [2.05, 4.69) is 63.6 Å². The minimum Gasteiger partial charge on any atom is -0.453 e. The van der Waals surface area contributed by atoms with Crippen LogP contribution < -0.4 is 10.6 Å². The van der Waals surface area contributed by atoms with Gasteiger partial charge in [0, 0.05) is 44.2 Å². The number of likely N-dealkylation sites (tertiary alicyclic amines) is 2. The first-order valence-corrected chi connectivity index (χ1v) is 22.6. The maximum Gasteiger partial charge on any atom is 0.407 e. The Morgan fingerprint density at radius 1 is 0.814 bits per heavy atom. The number of nitrogens with zero attached hydrogens (tertiary/aromatic N) is 4. The summed E-state index contributed by atoms with van der Waals surface area (Å²) >= 11 is 0. The molecule has 4 unspecified atom stereocenters. The molecule has 1 saturated carbocycles. The van der Waals surface area contributed by atoms with E-state index in [1.807, 2.05) is 31.1 Å². The highest BCUT2D eigenvalue weighted by Gasteiger charge is 2.39. The van der Waals surface area contributed by atoms with Crippen molar-refractivity contribution in [3.8, 4) is 11.3 Å². The van der Waals surface area contributed by atoms with E-state index in [1.165, 1.54) is 44.8 Å². The van der Waals surface area contributed by atoms with Crippen LogP contribution in [-0.4, -0.2) is 99.2 Å². The molecule has 13 heteroatoms. The molecule has 4 atom stereocenters. The third kappa shape index (κ3) is 9.88. The highest BCUT2D eigenvalue weighted by molar-refractivity contribution is 5.86. The van der Waals surface area contributed by atoms with Crippen molar-refractivity contribution in [2.24, 2.45) is 11.8 Å². The number of aryl methyl sites for hydroxylation is 1. The maximum atomic E-state index is 14.0. The zero-order valence-electron chi connectivity index (χ0n) is 36.1. The molecule has 0 spiro atoms. The molecule has 3 saturated heterocycles. The van der Waals surface area contributed by atoms with Gasteiger partial charge in [0.15, 0.2) is 0 Å². The predicted octanol–water partition coefficient (Wildman–Crippen LogP) is 7.53. The summed E-state index contributed by atoms with van der Waals surface area (Å²) in [6, 6.07) is 8.35. The fraction of sp³-hybridized carbons (Fsp3) is 0.674. The van der Waals surface area contributed by atoms with Crippen molar-refractivity contribution in [1.82, 2.24) is 40.4 Å². The van der Waals surface area contributed by atoms with Crippen molar-refractivity contribution >= 4 is 17.9 Å². The number of H-pyrrole nitrogens is 2. The molecule has 7 rings (SSSR count). The average molecular weight is 813 g/mol. The first-order valence-electron chi connectivity index (χ1n) is 22.6. The summed E-state index contributed by atoms with van der Waals surface area (Å²) in [7, 11) is 1.31. The van der Waals surface area contributed by atoms with E-state index in [1.54, 1.807) is 0 Å². The zero-order chi connectivity index (χ0) is 41.5. The number of aromatic amines is 2. The van der Waals surface area contributed by atoms with Crippen molar-refractivity contribution in [3.63, 3.8) is 0 Å². The van der Waals surface area contributed by atoms with E-state index in [4.69, 9.17) is 19.4 Å². The van der Waals surface area contributed by atoms with Gasteiger partial charge in [-0.1, -0.05) is 71.2 Å². The number of alkyl carbamates (subject to hydrolysis) is 1. The van der Waals surface area contributed by atoms with E-state index in [0.29, 0.717) is 12.6 Å². The Labute approximate surface area is 350 Å². The monoisotopic (exact) mass is 813 g/mol. The molecule has 0 radical (unpaired) electrons. The lowest BCUT2D eigenvalue weighted by Gasteiger charge is -2.38. The first-order chi connectivity index (χ1) is 28.6. The molecule has 2 aromatic heterocycles. The molecule has 1 aromatic carbocycles. The summed E-state index contributed by atoms with van der Waals surface area (Å²) in [6.07, 6.45) is 18.1. The number of rotatable bonds is 15. The average Bonchev–Trinajstić information content (AvgIpc) is 4.09. The fourth-order valence-corrected chi connectivity index (χ4v) is 10.2. The standard InChI is InChI=1S/C46H68N8O5/c1-30(2)39(49-34-19-26-59-27-20-34)43(55)53-24-10-13-37(53)41-47-28-35(50-41)12-9-23-46(21-7-6-8-22-46)33-17-15-32(16-18-33)36-29-48-42(51-36)38-14-11-25-54(38)44(56)40(31(3)4)52-45(57)58-5/h15-18,28-31,34,37-40,49H,6-14,19-27H2,1-5H3,(H,47,50)(H,48,51)(H,52,57). The van der Waals surface area contributed by atoms with Gasteiger partial charge in [-0.3, -0.25) is 9.59 Å². The smallest absolute Gasteiger partial charge is 0.407 e. The number of carbonyl (C=O) groups is 3. The lowest BCUT2D eigenvalue weighted by Crippen LogP contribution is -2.53. The Hall–Kier alpha value is -4.23. The Morgan fingerprint density at radius 2 is 1.42 bits per heavy atom. The number of ether oxygens (including phenoxy) is 2. The third-order valence-corrected chi connectivity index (χ3v) is 13.6. The van der Waals surface area contributed by atoms with Crippen molar-refractivity contribution in [2.45, 2.75) is 153 Å². The van der Waals surface area contributed by atoms with Crippen LogP contribution >= 0.6 is 0 Å². The summed E-state index contributed by atoms with van der Waals surface area (Å²) in [5.74, 6) is 1.91. The molecule has 3 amide bonds. The van der Waals surface area contributed by atoms with Gasteiger partial charge in [0.2, 0.25) is 11.8 Å². The van der Waals surface area contributed by atoms with Gasteiger partial charge in [0.05, 0.1) is 37.1 Å². The Bertz CT molecular complexity index is 1840. The number of aromatic nitrogens is 4. The highest BCUT2D eigenvalue weighted by Crippen LogP contribution is 2.44. The van der Waals surface area contributed by atoms with Crippen LogP contribution in [0.1, 0.15) is 146 Å². The van der Waals surface area contributed by atoms with Gasteiger partial charge < -0.3 is 39.9 Å². The second kappa shape index (κ2) is 19.4. The van der Waals surface area contributed by atoms with Crippen molar-refractivity contribution in [2.75, 3.05) is 33.4 Å². The molecule has 3 aromatic rings. The van der Waals surface area contributed by atoms with Crippen molar-refractivity contribution in [3.05, 3.63) is 59.6 Å². The van der Waals surface area contributed by atoms with E-state index >= 15 is 0 Å². The summed E-state index contributed by atoms with van der Waals surface area (Å²) in [6.45, 7) is 11.0. The number of carbonyl (C=O) groups excluding carboxylic acids is 3. The van der Waals surface area contributed by atoms with E-state index in [-0.39, 0.29) is 47.2 Å². The number of methoxy groups -OCH3 is 1. The van der Waals surface area contributed by atoms with E-state index in [0.717, 1.165) is 106 Å². The van der Waals surface area contributed by atoms with E-state index in [9.17, 15) is 14.4 Å². The molecule has 13 nitrogen and oxygen atoms in total. The van der Waals surface area contributed by atoms with Crippen LogP contribution in [-0.2, 0) is 30.9 Å². The second-order valence-electron chi connectivity index (χ2n) is 18.3. The predicted molar refractivity (Wildman–Crippen MR) is 227 cm³/mol. The summed E-state index contributed by atoms with van der Waals surface area (Å²) in [5.41, 5.74) is 4.71. The molecule has 3 aliphatic heterocycles. The molecule has 322 valence electrons.